The summed E-state index contributed by atoms with van der Waals surface area (Å²) in [6.45, 7) is 0.694. The highest BCUT2D eigenvalue weighted by Crippen LogP contribution is 2.21. The van der Waals surface area contributed by atoms with Gasteiger partial charge in [0.2, 0.25) is 0 Å². The molecule has 108 valence electrons. The van der Waals surface area contributed by atoms with Gasteiger partial charge in [-0.2, -0.15) is 0 Å². The molecule has 20 heavy (non-hydrogen) atoms. The van der Waals surface area contributed by atoms with E-state index >= 15 is 0 Å². The maximum atomic E-state index is 12.5. The van der Waals surface area contributed by atoms with Gasteiger partial charge in [-0.15, -0.1) is 0 Å². The van der Waals surface area contributed by atoms with Crippen LogP contribution < -0.4 is 0 Å². The lowest BCUT2D eigenvalue weighted by atomic mass is 9.98. The van der Waals surface area contributed by atoms with E-state index in [1.165, 1.54) is 18.3 Å². The number of amides is 1. The summed E-state index contributed by atoms with van der Waals surface area (Å²) < 4.78 is 0. The summed E-state index contributed by atoms with van der Waals surface area (Å²) in [4.78, 5) is 28.8. The molecule has 0 spiro atoms. The minimum Gasteiger partial charge on any atom is -0.477 e. The highest BCUT2D eigenvalue weighted by atomic mass is 16.4. The number of piperidine rings is 1. The molecule has 2 heterocycles. The highest BCUT2D eigenvalue weighted by Gasteiger charge is 2.27. The molecule has 0 aliphatic carbocycles. The topological polar surface area (TPSA) is 90.7 Å². The number of rotatable bonds is 4. The number of carboxylic acids is 1. The summed E-state index contributed by atoms with van der Waals surface area (Å²) in [6, 6.07) is 2.86. The zero-order chi connectivity index (χ0) is 14.5. The van der Waals surface area contributed by atoms with Crippen molar-refractivity contribution in [2.45, 2.75) is 31.7 Å². The predicted octanol–water partition coefficient (Wildman–Crippen LogP) is 1.16. The summed E-state index contributed by atoms with van der Waals surface area (Å²) >= 11 is 0. The molecule has 0 aromatic carbocycles. The van der Waals surface area contributed by atoms with E-state index in [-0.39, 0.29) is 24.2 Å². The summed E-state index contributed by atoms with van der Waals surface area (Å²) in [5.41, 5.74) is 0.203. The molecule has 1 aromatic heterocycles. The molecule has 2 N–H and O–H groups in total. The third-order valence-electron chi connectivity index (χ3n) is 3.58. The fourth-order valence-corrected chi connectivity index (χ4v) is 2.56. The molecule has 1 aliphatic rings. The zero-order valence-corrected chi connectivity index (χ0v) is 11.2. The largest absolute Gasteiger partial charge is 0.477 e. The van der Waals surface area contributed by atoms with Crippen LogP contribution in [0.2, 0.25) is 0 Å². The maximum Gasteiger partial charge on any atom is 0.354 e. The molecule has 1 aliphatic heterocycles. The first-order chi connectivity index (χ1) is 9.63. The van der Waals surface area contributed by atoms with Gasteiger partial charge in [0.1, 0.15) is 5.69 Å². The summed E-state index contributed by atoms with van der Waals surface area (Å²) in [6.07, 6.45) is 4.75. The first-order valence-corrected chi connectivity index (χ1v) is 6.74. The van der Waals surface area contributed by atoms with Crippen molar-refractivity contribution in [2.75, 3.05) is 13.2 Å². The van der Waals surface area contributed by atoms with Gasteiger partial charge in [0, 0.05) is 31.0 Å². The first-order valence-electron chi connectivity index (χ1n) is 6.74. The molecule has 0 saturated carbocycles. The van der Waals surface area contributed by atoms with E-state index < -0.39 is 5.97 Å². The van der Waals surface area contributed by atoms with Crippen LogP contribution in [0, 0.1) is 0 Å². The van der Waals surface area contributed by atoms with E-state index in [4.69, 9.17) is 10.2 Å². The molecular weight excluding hydrogens is 260 g/mol. The van der Waals surface area contributed by atoms with Crippen LogP contribution in [0.15, 0.2) is 18.3 Å². The lowest BCUT2D eigenvalue weighted by Crippen LogP contribution is -2.44. The van der Waals surface area contributed by atoms with Crippen molar-refractivity contribution in [1.82, 2.24) is 9.88 Å². The number of nitrogens with zero attached hydrogens (tertiary/aromatic N) is 2. The van der Waals surface area contributed by atoms with Crippen molar-refractivity contribution >= 4 is 11.9 Å². The second-order valence-electron chi connectivity index (χ2n) is 4.90. The fourth-order valence-electron chi connectivity index (χ4n) is 2.56. The van der Waals surface area contributed by atoms with Crippen molar-refractivity contribution in [3.05, 3.63) is 29.6 Å². The van der Waals surface area contributed by atoms with Crippen LogP contribution in [0.25, 0.3) is 0 Å². The first kappa shape index (κ1) is 14.5. The van der Waals surface area contributed by atoms with E-state index in [0.717, 1.165) is 19.3 Å². The maximum absolute atomic E-state index is 12.5. The standard InChI is InChI=1S/C14H18N2O4/c17-8-5-11-3-1-2-7-16(11)13(18)10-4-6-15-12(9-10)14(19)20/h4,6,9,11,17H,1-3,5,7-8H2,(H,19,20). The van der Waals surface area contributed by atoms with E-state index in [1.54, 1.807) is 4.90 Å². The molecule has 1 atom stereocenters. The number of carboxylic acid groups (broad SMARTS) is 1. The Morgan fingerprint density at radius 3 is 2.90 bits per heavy atom. The van der Waals surface area contributed by atoms with Gasteiger partial charge in [0.25, 0.3) is 5.91 Å². The Bertz CT molecular complexity index is 502. The van der Waals surface area contributed by atoms with Gasteiger partial charge in [-0.3, -0.25) is 4.79 Å². The molecule has 0 radical (unpaired) electrons. The fraction of sp³-hybridized carbons (Fsp3) is 0.500. The van der Waals surface area contributed by atoms with Crippen LogP contribution >= 0.6 is 0 Å². The second-order valence-corrected chi connectivity index (χ2v) is 4.90. The molecule has 0 bridgehead atoms. The third kappa shape index (κ3) is 3.14. The smallest absolute Gasteiger partial charge is 0.354 e. The van der Waals surface area contributed by atoms with Gasteiger partial charge in [-0.25, -0.2) is 9.78 Å². The number of hydrogen-bond acceptors (Lipinski definition) is 4. The van der Waals surface area contributed by atoms with Gasteiger partial charge >= 0.3 is 5.97 Å². The van der Waals surface area contributed by atoms with Crippen molar-refractivity contribution in [2.24, 2.45) is 0 Å². The Morgan fingerprint density at radius 1 is 1.40 bits per heavy atom. The molecule has 1 aromatic rings. The molecule has 6 heteroatoms. The lowest BCUT2D eigenvalue weighted by Gasteiger charge is -2.35. The summed E-state index contributed by atoms with van der Waals surface area (Å²) in [7, 11) is 0. The zero-order valence-electron chi connectivity index (χ0n) is 11.2. The highest BCUT2D eigenvalue weighted by molar-refractivity contribution is 5.96. The molecule has 1 saturated heterocycles. The summed E-state index contributed by atoms with van der Waals surface area (Å²) in [5, 5.41) is 18.0. The average molecular weight is 278 g/mol. The summed E-state index contributed by atoms with van der Waals surface area (Å²) in [5.74, 6) is -1.33. The third-order valence-corrected chi connectivity index (χ3v) is 3.58. The Kier molecular flexibility index (Phi) is 4.68. The van der Waals surface area contributed by atoms with Crippen molar-refractivity contribution in [3.8, 4) is 0 Å². The van der Waals surface area contributed by atoms with Crippen LogP contribution in [-0.4, -0.2) is 51.2 Å². The Balaban J connectivity index is 2.20. The van der Waals surface area contributed by atoms with Crippen molar-refractivity contribution in [3.63, 3.8) is 0 Å². The van der Waals surface area contributed by atoms with Crippen LogP contribution in [0.4, 0.5) is 0 Å². The van der Waals surface area contributed by atoms with E-state index in [1.807, 2.05) is 0 Å². The minimum absolute atomic E-state index is 0.0303. The quantitative estimate of drug-likeness (QED) is 0.862. The Morgan fingerprint density at radius 2 is 2.20 bits per heavy atom. The van der Waals surface area contributed by atoms with Gasteiger partial charge < -0.3 is 15.1 Å². The van der Waals surface area contributed by atoms with Gasteiger partial charge in [-0.1, -0.05) is 0 Å². The molecule has 2 rings (SSSR count). The number of aromatic nitrogens is 1. The minimum atomic E-state index is -1.15. The lowest BCUT2D eigenvalue weighted by molar-refractivity contribution is 0.0574. The molecular formula is C14H18N2O4. The number of likely N-dealkylation sites (tertiary alicyclic amines) is 1. The van der Waals surface area contributed by atoms with E-state index in [0.29, 0.717) is 18.5 Å². The number of aliphatic hydroxyl groups is 1. The number of carbonyl (C=O) groups is 2. The number of pyridine rings is 1. The van der Waals surface area contributed by atoms with Gasteiger partial charge in [0.05, 0.1) is 0 Å². The number of carbonyl (C=O) groups excluding carboxylic acids is 1. The SMILES string of the molecule is O=C(O)c1cc(C(=O)N2CCCCC2CCO)ccn1. The average Bonchev–Trinajstić information content (AvgIpc) is 2.47. The van der Waals surface area contributed by atoms with Crippen LogP contribution in [-0.2, 0) is 0 Å². The number of hydrogen-bond donors (Lipinski definition) is 2. The predicted molar refractivity (Wildman–Crippen MR) is 71.6 cm³/mol. The van der Waals surface area contributed by atoms with E-state index in [2.05, 4.69) is 4.98 Å². The normalized spacial score (nSPS) is 18.9. The van der Waals surface area contributed by atoms with Crippen molar-refractivity contribution < 1.29 is 19.8 Å². The van der Waals surface area contributed by atoms with E-state index in [9.17, 15) is 9.59 Å². The number of aliphatic hydroxyl groups excluding tert-OH is 1. The monoisotopic (exact) mass is 278 g/mol. The Hall–Kier alpha value is -1.95. The Labute approximate surface area is 117 Å². The molecule has 1 amide bonds. The van der Waals surface area contributed by atoms with Crippen LogP contribution in [0.1, 0.15) is 46.5 Å². The number of aromatic carboxylic acids is 1. The van der Waals surface area contributed by atoms with Crippen LogP contribution in [0.5, 0.6) is 0 Å². The van der Waals surface area contributed by atoms with Crippen LogP contribution in [0.3, 0.4) is 0 Å². The van der Waals surface area contributed by atoms with Gasteiger partial charge in [-0.05, 0) is 37.8 Å². The van der Waals surface area contributed by atoms with Gasteiger partial charge in [0.15, 0.2) is 0 Å². The van der Waals surface area contributed by atoms with Crippen molar-refractivity contribution in [1.29, 1.82) is 0 Å². The molecule has 1 fully saturated rings. The second kappa shape index (κ2) is 6.47. The molecule has 1 unspecified atom stereocenters. The molecule has 6 nitrogen and oxygen atoms in total.